The second-order valence-electron chi connectivity index (χ2n) is 4.83. The molecule has 1 aromatic carbocycles. The molecule has 1 aliphatic heterocycles. The number of amides is 2. The van der Waals surface area contributed by atoms with Crippen LogP contribution in [0.5, 0.6) is 5.75 Å². The van der Waals surface area contributed by atoms with Gasteiger partial charge in [0, 0.05) is 13.1 Å². The number of carbonyl (C=O) groups excluding carboxylic acids is 2. The minimum Gasteiger partial charge on any atom is -0.490 e. The Morgan fingerprint density at radius 1 is 1.48 bits per heavy atom. The molecule has 0 aromatic heterocycles. The zero-order valence-electron chi connectivity index (χ0n) is 12.0. The zero-order valence-corrected chi connectivity index (χ0v) is 12.0. The van der Waals surface area contributed by atoms with Crippen molar-refractivity contribution in [3.05, 3.63) is 30.1 Å². The Labute approximate surface area is 123 Å². The van der Waals surface area contributed by atoms with Crippen molar-refractivity contribution in [2.24, 2.45) is 0 Å². The van der Waals surface area contributed by atoms with Gasteiger partial charge in [0.2, 0.25) is 11.8 Å². The summed E-state index contributed by atoms with van der Waals surface area (Å²) in [5, 5.41) is 2.74. The van der Waals surface area contributed by atoms with E-state index in [9.17, 15) is 14.0 Å². The van der Waals surface area contributed by atoms with Gasteiger partial charge in [-0.05, 0) is 18.6 Å². The minimum absolute atomic E-state index is 0.0916. The van der Waals surface area contributed by atoms with E-state index < -0.39 is 11.9 Å². The fraction of sp³-hybridized carbons (Fsp3) is 0.467. The summed E-state index contributed by atoms with van der Waals surface area (Å²) in [5.74, 6) is -0.581. The minimum atomic E-state index is -0.450. The number of ether oxygens (including phenoxy) is 1. The van der Waals surface area contributed by atoms with Gasteiger partial charge in [0.25, 0.3) is 0 Å². The van der Waals surface area contributed by atoms with Crippen LogP contribution in [0.2, 0.25) is 0 Å². The number of nitrogens with one attached hydrogen (secondary N) is 1. The zero-order chi connectivity index (χ0) is 15.2. The van der Waals surface area contributed by atoms with Crippen LogP contribution in [0, 0.1) is 5.82 Å². The lowest BCUT2D eigenvalue weighted by molar-refractivity contribution is -0.143. The lowest BCUT2D eigenvalue weighted by Gasteiger charge is -2.34. The smallest absolute Gasteiger partial charge is 0.242 e. The molecule has 1 atom stereocenters. The van der Waals surface area contributed by atoms with Crippen molar-refractivity contribution in [1.82, 2.24) is 10.2 Å². The monoisotopic (exact) mass is 294 g/mol. The quantitative estimate of drug-likeness (QED) is 0.891. The fourth-order valence-corrected chi connectivity index (χ4v) is 2.37. The maximum absolute atomic E-state index is 13.4. The molecule has 2 rings (SSSR count). The van der Waals surface area contributed by atoms with Crippen LogP contribution in [0.4, 0.5) is 4.39 Å². The lowest BCUT2D eigenvalue weighted by atomic mass is 10.1. The highest BCUT2D eigenvalue weighted by atomic mass is 19.1. The third-order valence-electron chi connectivity index (χ3n) is 3.45. The van der Waals surface area contributed by atoms with Crippen molar-refractivity contribution in [3.8, 4) is 5.75 Å². The molecule has 2 amide bonds. The SMILES string of the molecule is CCC1C(=O)NCCN1C(=O)CCOc1ccccc1F. The normalized spacial score (nSPS) is 18.3. The van der Waals surface area contributed by atoms with Gasteiger partial charge < -0.3 is 15.0 Å². The molecule has 1 unspecified atom stereocenters. The lowest BCUT2D eigenvalue weighted by Crippen LogP contribution is -2.57. The van der Waals surface area contributed by atoms with Crippen molar-refractivity contribution < 1.29 is 18.7 Å². The molecule has 0 aliphatic carbocycles. The summed E-state index contributed by atoms with van der Waals surface area (Å²) in [6, 6.07) is 5.65. The molecule has 114 valence electrons. The summed E-state index contributed by atoms with van der Waals surface area (Å²) in [6.07, 6.45) is 0.698. The Kier molecular flexibility index (Phi) is 5.14. The molecular weight excluding hydrogens is 275 g/mol. The molecule has 1 N–H and O–H groups in total. The number of hydrogen-bond acceptors (Lipinski definition) is 3. The Morgan fingerprint density at radius 3 is 2.95 bits per heavy atom. The van der Waals surface area contributed by atoms with Crippen LogP contribution >= 0.6 is 0 Å². The maximum atomic E-state index is 13.4. The van der Waals surface area contributed by atoms with E-state index in [1.807, 2.05) is 6.92 Å². The highest BCUT2D eigenvalue weighted by Gasteiger charge is 2.31. The van der Waals surface area contributed by atoms with Crippen LogP contribution in [-0.4, -0.2) is 42.5 Å². The van der Waals surface area contributed by atoms with Crippen molar-refractivity contribution in [2.75, 3.05) is 19.7 Å². The van der Waals surface area contributed by atoms with Gasteiger partial charge in [-0.25, -0.2) is 4.39 Å². The number of rotatable bonds is 5. The van der Waals surface area contributed by atoms with Gasteiger partial charge >= 0.3 is 0 Å². The van der Waals surface area contributed by atoms with Crippen molar-refractivity contribution in [3.63, 3.8) is 0 Å². The van der Waals surface area contributed by atoms with Gasteiger partial charge in [-0.15, -0.1) is 0 Å². The highest BCUT2D eigenvalue weighted by Crippen LogP contribution is 2.16. The van der Waals surface area contributed by atoms with Crippen molar-refractivity contribution >= 4 is 11.8 Å². The molecule has 6 heteroatoms. The summed E-state index contributed by atoms with van der Waals surface area (Å²) < 4.78 is 18.6. The predicted molar refractivity (Wildman–Crippen MR) is 75.3 cm³/mol. The molecule has 1 aromatic rings. The molecule has 0 radical (unpaired) electrons. The molecule has 1 fully saturated rings. The largest absolute Gasteiger partial charge is 0.490 e. The van der Waals surface area contributed by atoms with Gasteiger partial charge in [-0.1, -0.05) is 19.1 Å². The van der Waals surface area contributed by atoms with Crippen LogP contribution in [0.25, 0.3) is 0 Å². The number of benzene rings is 1. The average molecular weight is 294 g/mol. The average Bonchev–Trinajstić information content (AvgIpc) is 2.48. The summed E-state index contributed by atoms with van der Waals surface area (Å²) in [4.78, 5) is 25.4. The first-order valence-corrected chi connectivity index (χ1v) is 7.08. The van der Waals surface area contributed by atoms with Crippen LogP contribution < -0.4 is 10.1 Å². The van der Waals surface area contributed by atoms with E-state index in [4.69, 9.17) is 4.74 Å². The van der Waals surface area contributed by atoms with Gasteiger partial charge in [0.1, 0.15) is 6.04 Å². The topological polar surface area (TPSA) is 58.6 Å². The van der Waals surface area contributed by atoms with E-state index in [0.717, 1.165) is 0 Å². The molecule has 1 saturated heterocycles. The first kappa shape index (κ1) is 15.3. The Balaban J connectivity index is 1.86. The first-order valence-electron chi connectivity index (χ1n) is 7.08. The second kappa shape index (κ2) is 7.06. The van der Waals surface area contributed by atoms with Crippen LogP contribution in [0.1, 0.15) is 19.8 Å². The summed E-state index contributed by atoms with van der Waals surface area (Å²) >= 11 is 0. The van der Waals surface area contributed by atoms with E-state index in [-0.39, 0.29) is 30.6 Å². The van der Waals surface area contributed by atoms with Crippen LogP contribution in [0.15, 0.2) is 24.3 Å². The van der Waals surface area contributed by atoms with Gasteiger partial charge in [-0.3, -0.25) is 9.59 Å². The van der Waals surface area contributed by atoms with E-state index in [2.05, 4.69) is 5.32 Å². The van der Waals surface area contributed by atoms with Gasteiger partial charge in [0.15, 0.2) is 11.6 Å². The van der Waals surface area contributed by atoms with Crippen LogP contribution in [0.3, 0.4) is 0 Å². The number of piperazine rings is 1. The number of para-hydroxylation sites is 1. The molecule has 5 nitrogen and oxygen atoms in total. The summed E-state index contributed by atoms with van der Waals surface area (Å²) in [6.45, 7) is 2.93. The number of nitrogens with zero attached hydrogens (tertiary/aromatic N) is 1. The molecular formula is C15H19FN2O3. The summed E-state index contributed by atoms with van der Waals surface area (Å²) in [7, 11) is 0. The third-order valence-corrected chi connectivity index (χ3v) is 3.45. The molecule has 1 aliphatic rings. The van der Waals surface area contributed by atoms with Gasteiger partial charge in [0.05, 0.1) is 13.0 Å². The molecule has 0 bridgehead atoms. The summed E-state index contributed by atoms with van der Waals surface area (Å²) in [5.41, 5.74) is 0. The number of halogens is 1. The number of hydrogen-bond donors (Lipinski definition) is 1. The standard InChI is InChI=1S/C15H19FN2O3/c1-2-12-15(20)17-8-9-18(12)14(19)7-10-21-13-6-4-3-5-11(13)16/h3-6,12H,2,7-10H2,1H3,(H,17,20). The Bertz CT molecular complexity index is 521. The fourth-order valence-electron chi connectivity index (χ4n) is 2.37. The molecule has 21 heavy (non-hydrogen) atoms. The van der Waals surface area contributed by atoms with Gasteiger partial charge in [-0.2, -0.15) is 0 Å². The second-order valence-corrected chi connectivity index (χ2v) is 4.83. The van der Waals surface area contributed by atoms with E-state index in [1.54, 1.807) is 17.0 Å². The van der Waals surface area contributed by atoms with E-state index >= 15 is 0 Å². The van der Waals surface area contributed by atoms with E-state index in [0.29, 0.717) is 19.5 Å². The molecule has 0 saturated carbocycles. The third kappa shape index (κ3) is 3.71. The molecule has 1 heterocycles. The maximum Gasteiger partial charge on any atom is 0.242 e. The van der Waals surface area contributed by atoms with E-state index in [1.165, 1.54) is 12.1 Å². The van der Waals surface area contributed by atoms with Crippen LogP contribution in [-0.2, 0) is 9.59 Å². The van der Waals surface area contributed by atoms with Crippen molar-refractivity contribution in [1.29, 1.82) is 0 Å². The Hall–Kier alpha value is -2.11. The molecule has 0 spiro atoms. The number of carbonyl (C=O) groups is 2. The van der Waals surface area contributed by atoms with Crippen molar-refractivity contribution in [2.45, 2.75) is 25.8 Å². The Morgan fingerprint density at radius 2 is 2.24 bits per heavy atom. The predicted octanol–water partition coefficient (Wildman–Crippen LogP) is 1.33. The highest BCUT2D eigenvalue weighted by molar-refractivity contribution is 5.88. The first-order chi connectivity index (χ1) is 10.1.